The molecule has 3 aromatic rings. The van der Waals surface area contributed by atoms with E-state index >= 15 is 0 Å². The van der Waals surface area contributed by atoms with Crippen molar-refractivity contribution >= 4 is 17.6 Å². The first kappa shape index (κ1) is 25.5. The van der Waals surface area contributed by atoms with E-state index in [1.807, 2.05) is 0 Å². The molecule has 3 rings (SSSR count). The third-order valence-corrected chi connectivity index (χ3v) is 6.09. The molecule has 1 N–H and O–H groups in total. The number of alkyl halides is 3. The van der Waals surface area contributed by atoms with Crippen LogP contribution in [-0.4, -0.2) is 28.9 Å². The molecule has 0 spiro atoms. The molecule has 34 heavy (non-hydrogen) atoms. The van der Waals surface area contributed by atoms with Gasteiger partial charge >= 0.3 is 12.1 Å². The zero-order chi connectivity index (χ0) is 25.4. The summed E-state index contributed by atoms with van der Waals surface area (Å²) < 4.78 is 62.2. The Morgan fingerprint density at radius 2 is 1.71 bits per heavy atom. The molecule has 2 atom stereocenters. The molecule has 0 radical (unpaired) electrons. The lowest BCUT2D eigenvalue weighted by molar-refractivity contribution is -0.274. The van der Waals surface area contributed by atoms with Gasteiger partial charge < -0.3 is 14.4 Å². The normalized spacial score (nSPS) is 14.4. The number of aryl methyl sites for hydroxylation is 1. The van der Waals surface area contributed by atoms with Crippen molar-refractivity contribution in [2.75, 3.05) is 7.11 Å². The zero-order valence-electron chi connectivity index (χ0n) is 18.3. The van der Waals surface area contributed by atoms with Crippen LogP contribution in [0.1, 0.15) is 34.3 Å². The van der Waals surface area contributed by atoms with Gasteiger partial charge in [-0.15, -0.1) is 0 Å². The molecule has 5 nitrogen and oxygen atoms in total. The van der Waals surface area contributed by atoms with Crippen LogP contribution < -0.4 is 5.56 Å². The van der Waals surface area contributed by atoms with Gasteiger partial charge in [-0.25, -0.2) is 9.18 Å². The van der Waals surface area contributed by atoms with Gasteiger partial charge in [-0.2, -0.15) is 13.2 Å². The monoisotopic (exact) mass is 497 g/mol. The number of ether oxygens (including phenoxy) is 1. The minimum atomic E-state index is -5.10. The van der Waals surface area contributed by atoms with E-state index < -0.39 is 40.6 Å². The van der Waals surface area contributed by atoms with Crippen LogP contribution in [0, 0.1) is 5.82 Å². The van der Waals surface area contributed by atoms with Crippen LogP contribution in [0.4, 0.5) is 17.6 Å². The fourth-order valence-corrected chi connectivity index (χ4v) is 4.08. The number of benzene rings is 2. The van der Waals surface area contributed by atoms with Gasteiger partial charge in [0.05, 0.1) is 12.7 Å². The number of nitrogens with zero attached hydrogens (tertiary/aromatic N) is 1. The van der Waals surface area contributed by atoms with Crippen molar-refractivity contribution in [3.8, 4) is 11.1 Å². The van der Waals surface area contributed by atoms with Gasteiger partial charge in [0.15, 0.2) is 5.60 Å². The molecule has 2 aromatic carbocycles. The van der Waals surface area contributed by atoms with Crippen LogP contribution in [-0.2, 0) is 17.4 Å². The summed E-state index contributed by atoms with van der Waals surface area (Å²) in [7, 11) is 2.40. The highest BCUT2D eigenvalue weighted by Crippen LogP contribution is 2.49. The van der Waals surface area contributed by atoms with Crippen molar-refractivity contribution in [1.29, 1.82) is 0 Å². The molecular weight excluding hydrogens is 478 g/mol. The molecule has 0 saturated heterocycles. The molecule has 0 saturated carbocycles. The third kappa shape index (κ3) is 4.45. The van der Waals surface area contributed by atoms with Crippen LogP contribution in [0.3, 0.4) is 0 Å². The summed E-state index contributed by atoms with van der Waals surface area (Å²) in [6.07, 6.45) is -4.17. The maximum Gasteiger partial charge on any atom is 0.422 e. The Bertz CT molecular complexity index is 1300. The van der Waals surface area contributed by atoms with Crippen LogP contribution in [0.2, 0.25) is 5.02 Å². The number of aliphatic hydroxyl groups is 1. The van der Waals surface area contributed by atoms with Gasteiger partial charge in [0.25, 0.3) is 0 Å². The smallest absolute Gasteiger partial charge is 0.422 e. The highest BCUT2D eigenvalue weighted by Gasteiger charge is 2.59. The van der Waals surface area contributed by atoms with Gasteiger partial charge in [0.2, 0.25) is 5.56 Å². The number of aromatic nitrogens is 1. The van der Waals surface area contributed by atoms with Gasteiger partial charge in [0.1, 0.15) is 5.82 Å². The molecule has 0 amide bonds. The lowest BCUT2D eigenvalue weighted by atomic mass is 9.78. The minimum absolute atomic E-state index is 0.00857. The number of rotatable bonds is 5. The molecular formula is C24H20ClF4NO4. The predicted molar refractivity (Wildman–Crippen MR) is 118 cm³/mol. The first-order chi connectivity index (χ1) is 15.8. The van der Waals surface area contributed by atoms with Crippen molar-refractivity contribution in [2.24, 2.45) is 7.05 Å². The number of carbonyl (C=O) groups is 1. The Balaban J connectivity index is 2.06. The Kier molecular flexibility index (Phi) is 6.91. The van der Waals surface area contributed by atoms with Gasteiger partial charge in [-0.1, -0.05) is 36.7 Å². The lowest BCUT2D eigenvalue weighted by Crippen LogP contribution is -2.47. The Morgan fingerprint density at radius 1 is 1.09 bits per heavy atom. The number of halogens is 5. The summed E-state index contributed by atoms with van der Waals surface area (Å²) >= 11 is 6.32. The van der Waals surface area contributed by atoms with Gasteiger partial charge in [-0.05, 0) is 41.0 Å². The number of esters is 1. The van der Waals surface area contributed by atoms with Crippen LogP contribution >= 0.6 is 11.6 Å². The average molecular weight is 498 g/mol. The summed E-state index contributed by atoms with van der Waals surface area (Å²) in [6.45, 7) is 1.17. The van der Waals surface area contributed by atoms with E-state index in [1.165, 1.54) is 44.3 Å². The quantitative estimate of drug-likeness (QED) is 0.389. The molecule has 0 aliphatic rings. The number of carbonyl (C=O) groups excluding carboxylic acids is 1. The SMILES string of the molecule is COC(=O)c1ccc(-c2ccc([C@H](C)[C@](O)(c3ccc(=O)n(C)c3)C(F)(F)F)c(Cl)c2)cc1F. The van der Waals surface area contributed by atoms with Crippen molar-refractivity contribution < 1.29 is 32.2 Å². The zero-order valence-corrected chi connectivity index (χ0v) is 19.0. The second-order valence-corrected chi connectivity index (χ2v) is 8.18. The van der Waals surface area contributed by atoms with E-state index in [4.69, 9.17) is 11.6 Å². The molecule has 10 heteroatoms. The van der Waals surface area contributed by atoms with Crippen molar-refractivity contribution in [3.63, 3.8) is 0 Å². The van der Waals surface area contributed by atoms with Crippen molar-refractivity contribution in [3.05, 3.63) is 92.6 Å². The fraction of sp³-hybridized carbons (Fsp3) is 0.250. The number of hydrogen-bond acceptors (Lipinski definition) is 4. The molecule has 0 aliphatic heterocycles. The average Bonchev–Trinajstić information content (AvgIpc) is 2.78. The minimum Gasteiger partial charge on any atom is -0.465 e. The summed E-state index contributed by atoms with van der Waals surface area (Å²) in [5, 5.41) is 10.8. The molecule has 0 fully saturated rings. The largest absolute Gasteiger partial charge is 0.465 e. The number of methoxy groups -OCH3 is 1. The van der Waals surface area contributed by atoms with E-state index in [2.05, 4.69) is 4.74 Å². The summed E-state index contributed by atoms with van der Waals surface area (Å²) in [5.41, 5.74) is -3.97. The van der Waals surface area contributed by atoms with E-state index in [1.54, 1.807) is 0 Å². The van der Waals surface area contributed by atoms with Crippen molar-refractivity contribution in [1.82, 2.24) is 4.57 Å². The summed E-state index contributed by atoms with van der Waals surface area (Å²) in [6, 6.07) is 9.71. The van der Waals surface area contributed by atoms with E-state index in [0.29, 0.717) is 11.1 Å². The highest BCUT2D eigenvalue weighted by atomic mass is 35.5. The van der Waals surface area contributed by atoms with Crippen molar-refractivity contribution in [2.45, 2.75) is 24.6 Å². The molecule has 0 bridgehead atoms. The first-order valence-corrected chi connectivity index (χ1v) is 10.3. The second kappa shape index (κ2) is 9.23. The molecule has 0 aliphatic carbocycles. The van der Waals surface area contributed by atoms with E-state index in [9.17, 15) is 32.3 Å². The topological polar surface area (TPSA) is 68.5 Å². The molecule has 180 valence electrons. The van der Waals surface area contributed by atoms with Gasteiger partial charge in [-0.3, -0.25) is 4.79 Å². The number of pyridine rings is 1. The third-order valence-electron chi connectivity index (χ3n) is 5.76. The summed E-state index contributed by atoms with van der Waals surface area (Å²) in [5.74, 6) is -3.25. The molecule has 0 unspecified atom stereocenters. The first-order valence-electron chi connectivity index (χ1n) is 9.95. The maximum absolute atomic E-state index is 14.3. The van der Waals surface area contributed by atoms with E-state index in [0.717, 1.165) is 36.1 Å². The standard InChI is InChI=1S/C24H20ClF4NO4/c1-13(23(33,24(27,28)29)16-6-9-21(31)30(2)12-16)17-7-4-14(10-19(17)25)15-5-8-18(20(26)11-15)22(32)34-3/h4-13,33H,1-3H3/t13-,23-/m0/s1. The van der Waals surface area contributed by atoms with Gasteiger partial charge in [0, 0.05) is 35.8 Å². The highest BCUT2D eigenvalue weighted by molar-refractivity contribution is 6.31. The fourth-order valence-electron chi connectivity index (χ4n) is 3.73. The Hall–Kier alpha value is -3.17. The Labute approximate surface area is 197 Å². The lowest BCUT2D eigenvalue weighted by Gasteiger charge is -2.37. The second-order valence-electron chi connectivity index (χ2n) is 7.78. The molecule has 1 heterocycles. The molecule has 1 aromatic heterocycles. The maximum atomic E-state index is 14.3. The Morgan fingerprint density at radius 3 is 2.24 bits per heavy atom. The van der Waals surface area contributed by atoms with Crippen LogP contribution in [0.5, 0.6) is 0 Å². The van der Waals surface area contributed by atoms with E-state index in [-0.39, 0.29) is 16.1 Å². The number of hydrogen-bond donors (Lipinski definition) is 1. The van der Waals surface area contributed by atoms with Crippen LogP contribution in [0.15, 0.2) is 59.5 Å². The predicted octanol–water partition coefficient (Wildman–Crippen LogP) is 5.19. The van der Waals surface area contributed by atoms with Crippen LogP contribution in [0.25, 0.3) is 11.1 Å². The summed E-state index contributed by atoms with van der Waals surface area (Å²) in [4.78, 5) is 23.2.